The van der Waals surface area contributed by atoms with E-state index in [1.165, 1.54) is 0 Å². The van der Waals surface area contributed by atoms with Gasteiger partial charge in [-0.05, 0) is 12.1 Å². The molecule has 6 nitrogen and oxygen atoms in total. The number of carboxylic acid groups (broad SMARTS) is 1. The Morgan fingerprint density at radius 1 is 1.18 bits per heavy atom. The molecule has 22 heavy (non-hydrogen) atoms. The molecule has 0 bridgehead atoms. The van der Waals surface area contributed by atoms with Crippen LogP contribution in [0.2, 0.25) is 0 Å². The minimum atomic E-state index is -0.783. The molecule has 1 fully saturated rings. The van der Waals surface area contributed by atoms with Gasteiger partial charge in [-0.2, -0.15) is 0 Å². The second kappa shape index (κ2) is 4.91. The maximum absolute atomic E-state index is 10.8. The largest absolute Gasteiger partial charge is 0.482 e. The van der Waals surface area contributed by atoms with Crippen LogP contribution in [0.3, 0.4) is 0 Å². The summed E-state index contributed by atoms with van der Waals surface area (Å²) in [5.74, 6) is 1.49. The van der Waals surface area contributed by atoms with Crippen LogP contribution in [0.25, 0.3) is 6.08 Å². The zero-order chi connectivity index (χ0) is 15.2. The van der Waals surface area contributed by atoms with Crippen LogP contribution < -0.4 is 14.2 Å². The van der Waals surface area contributed by atoms with Crippen molar-refractivity contribution >= 4 is 12.0 Å². The van der Waals surface area contributed by atoms with E-state index in [1.54, 1.807) is 0 Å². The number of carboxylic acids is 1. The Kier molecular flexibility index (Phi) is 3.00. The van der Waals surface area contributed by atoms with Gasteiger partial charge in [0.25, 0.3) is 0 Å². The van der Waals surface area contributed by atoms with E-state index in [4.69, 9.17) is 19.3 Å². The second-order valence-electron chi connectivity index (χ2n) is 5.91. The number of rotatable bonds is 2. The van der Waals surface area contributed by atoms with Gasteiger partial charge in [0.05, 0.1) is 6.54 Å². The molecule has 0 saturated carbocycles. The van der Waals surface area contributed by atoms with Crippen molar-refractivity contribution in [3.8, 4) is 17.2 Å². The number of hydrogen-bond donors (Lipinski definition) is 1. The highest BCUT2D eigenvalue weighted by atomic mass is 16.7. The van der Waals surface area contributed by atoms with Crippen molar-refractivity contribution in [2.75, 3.05) is 26.4 Å². The molecule has 3 aliphatic rings. The topological polar surface area (TPSA) is 68.2 Å². The molecule has 4 rings (SSSR count). The van der Waals surface area contributed by atoms with Gasteiger partial charge in [0.2, 0.25) is 6.79 Å². The third-order valence-electron chi connectivity index (χ3n) is 4.45. The Bertz CT molecular complexity index is 646. The molecule has 0 aliphatic carbocycles. The average molecular weight is 303 g/mol. The summed E-state index contributed by atoms with van der Waals surface area (Å²) in [6.07, 6.45) is 5.72. The molecule has 3 aliphatic heterocycles. The van der Waals surface area contributed by atoms with Gasteiger partial charge in [-0.1, -0.05) is 6.08 Å². The van der Waals surface area contributed by atoms with E-state index in [1.807, 2.05) is 17.0 Å². The summed E-state index contributed by atoms with van der Waals surface area (Å²) in [7, 11) is 0. The fraction of sp³-hybridized carbons (Fsp3) is 0.438. The molecule has 1 aromatic rings. The van der Waals surface area contributed by atoms with Gasteiger partial charge in [-0.15, -0.1) is 0 Å². The number of piperidine rings is 1. The molecule has 1 aromatic carbocycles. The number of ether oxygens (including phenoxy) is 3. The van der Waals surface area contributed by atoms with E-state index < -0.39 is 5.97 Å². The summed E-state index contributed by atoms with van der Waals surface area (Å²) in [5, 5.41) is 8.87. The summed E-state index contributed by atoms with van der Waals surface area (Å²) in [6, 6.07) is 3.81. The van der Waals surface area contributed by atoms with Crippen molar-refractivity contribution < 1.29 is 24.1 Å². The van der Waals surface area contributed by atoms with Crippen LogP contribution in [0.1, 0.15) is 18.4 Å². The number of fused-ring (bicyclic) bond motifs is 2. The monoisotopic (exact) mass is 303 g/mol. The maximum Gasteiger partial charge on any atom is 0.317 e. The number of likely N-dealkylation sites (tertiary alicyclic amines) is 1. The molecule has 6 heteroatoms. The first-order chi connectivity index (χ1) is 10.6. The van der Waals surface area contributed by atoms with Gasteiger partial charge >= 0.3 is 5.97 Å². The Balaban J connectivity index is 1.52. The van der Waals surface area contributed by atoms with Crippen molar-refractivity contribution in [2.45, 2.75) is 18.4 Å². The molecule has 0 amide bonds. The highest BCUT2D eigenvalue weighted by Gasteiger charge is 2.37. The summed E-state index contributed by atoms with van der Waals surface area (Å²) in [4.78, 5) is 12.7. The summed E-state index contributed by atoms with van der Waals surface area (Å²) in [6.45, 7) is 1.78. The minimum Gasteiger partial charge on any atom is -0.482 e. The molecule has 1 spiro atoms. The molecular formula is C16H17NO5. The highest BCUT2D eigenvalue weighted by molar-refractivity contribution is 5.69. The Morgan fingerprint density at radius 3 is 2.64 bits per heavy atom. The number of nitrogens with zero attached hydrogens (tertiary/aromatic N) is 1. The van der Waals surface area contributed by atoms with Crippen LogP contribution >= 0.6 is 0 Å². The fourth-order valence-corrected chi connectivity index (χ4v) is 3.20. The smallest absolute Gasteiger partial charge is 0.317 e. The van der Waals surface area contributed by atoms with E-state index in [0.29, 0.717) is 5.75 Å². The minimum absolute atomic E-state index is 0.0923. The van der Waals surface area contributed by atoms with Crippen molar-refractivity contribution in [1.29, 1.82) is 0 Å². The number of aliphatic carboxylic acids is 1. The Labute approximate surface area is 127 Å². The third kappa shape index (κ3) is 2.29. The summed E-state index contributed by atoms with van der Waals surface area (Å²) in [5.41, 5.74) is 0.651. The van der Waals surface area contributed by atoms with E-state index in [9.17, 15) is 4.79 Å². The van der Waals surface area contributed by atoms with Crippen LogP contribution in [-0.4, -0.2) is 48.0 Å². The molecule has 1 saturated heterocycles. The maximum atomic E-state index is 10.8. The molecule has 1 N–H and O–H groups in total. The zero-order valence-corrected chi connectivity index (χ0v) is 12.1. The van der Waals surface area contributed by atoms with Gasteiger partial charge in [-0.3, -0.25) is 9.69 Å². The average Bonchev–Trinajstić information content (AvgIpc) is 2.94. The fourth-order valence-electron chi connectivity index (χ4n) is 3.20. The van der Waals surface area contributed by atoms with Crippen LogP contribution in [0.4, 0.5) is 0 Å². The third-order valence-corrected chi connectivity index (χ3v) is 4.45. The lowest BCUT2D eigenvalue weighted by Gasteiger charge is -2.41. The van der Waals surface area contributed by atoms with E-state index in [2.05, 4.69) is 12.2 Å². The first-order valence-corrected chi connectivity index (χ1v) is 7.40. The predicted octanol–water partition coefficient (Wildman–Crippen LogP) is 1.74. The number of hydrogen-bond acceptors (Lipinski definition) is 5. The van der Waals surface area contributed by atoms with Gasteiger partial charge in [-0.25, -0.2) is 0 Å². The van der Waals surface area contributed by atoms with Crippen molar-refractivity contribution in [3.63, 3.8) is 0 Å². The van der Waals surface area contributed by atoms with Crippen LogP contribution in [0, 0.1) is 0 Å². The van der Waals surface area contributed by atoms with Crippen LogP contribution in [0.5, 0.6) is 17.2 Å². The molecule has 0 unspecified atom stereocenters. The summed E-state index contributed by atoms with van der Waals surface area (Å²) < 4.78 is 17.0. The van der Waals surface area contributed by atoms with E-state index in [-0.39, 0.29) is 18.9 Å². The van der Waals surface area contributed by atoms with Gasteiger partial charge < -0.3 is 19.3 Å². The van der Waals surface area contributed by atoms with E-state index >= 15 is 0 Å². The van der Waals surface area contributed by atoms with Gasteiger partial charge in [0.15, 0.2) is 11.5 Å². The van der Waals surface area contributed by atoms with Crippen LogP contribution in [-0.2, 0) is 4.79 Å². The highest BCUT2D eigenvalue weighted by Crippen LogP contribution is 2.43. The van der Waals surface area contributed by atoms with Gasteiger partial charge in [0, 0.05) is 37.6 Å². The SMILES string of the molecule is O=C(O)CN1CCC2(C=Cc3cc4c(cc3O2)OCO4)CC1. The molecular weight excluding hydrogens is 286 g/mol. The molecule has 0 aromatic heterocycles. The normalized spacial score (nSPS) is 21.5. The molecule has 0 atom stereocenters. The summed E-state index contributed by atoms with van der Waals surface area (Å²) >= 11 is 0. The molecule has 3 heterocycles. The lowest BCUT2D eigenvalue weighted by Crippen LogP contribution is -2.48. The second-order valence-corrected chi connectivity index (χ2v) is 5.91. The first kappa shape index (κ1) is 13.5. The number of benzene rings is 1. The molecule has 116 valence electrons. The standard InChI is InChI=1S/C16H17NO5/c18-15(19)9-17-5-3-16(4-6-17)2-1-11-7-13-14(21-10-20-13)8-12(11)22-16/h1-2,7-8H,3-6,9-10H2,(H,18,19). The Hall–Kier alpha value is -2.21. The van der Waals surface area contributed by atoms with E-state index in [0.717, 1.165) is 43.0 Å². The first-order valence-electron chi connectivity index (χ1n) is 7.40. The number of carbonyl (C=O) groups is 1. The van der Waals surface area contributed by atoms with Crippen molar-refractivity contribution in [2.24, 2.45) is 0 Å². The van der Waals surface area contributed by atoms with Crippen LogP contribution in [0.15, 0.2) is 18.2 Å². The van der Waals surface area contributed by atoms with Gasteiger partial charge in [0.1, 0.15) is 11.4 Å². The Morgan fingerprint density at radius 2 is 1.91 bits per heavy atom. The zero-order valence-electron chi connectivity index (χ0n) is 12.1. The predicted molar refractivity (Wildman–Crippen MR) is 78.3 cm³/mol. The van der Waals surface area contributed by atoms with Crippen molar-refractivity contribution in [1.82, 2.24) is 4.90 Å². The van der Waals surface area contributed by atoms with Crippen molar-refractivity contribution in [3.05, 3.63) is 23.8 Å². The lowest BCUT2D eigenvalue weighted by atomic mass is 9.88. The molecule has 0 radical (unpaired) electrons. The quantitative estimate of drug-likeness (QED) is 0.897. The lowest BCUT2D eigenvalue weighted by molar-refractivity contribution is -0.139.